The summed E-state index contributed by atoms with van der Waals surface area (Å²) in [5.41, 5.74) is 3.55. The summed E-state index contributed by atoms with van der Waals surface area (Å²) in [6, 6.07) is 20.8. The van der Waals surface area contributed by atoms with E-state index in [4.69, 9.17) is 9.57 Å². The Labute approximate surface area is 246 Å². The quantitative estimate of drug-likeness (QED) is 0.218. The van der Waals surface area contributed by atoms with E-state index in [1.165, 1.54) is 7.11 Å². The van der Waals surface area contributed by atoms with Gasteiger partial charge in [0.1, 0.15) is 12.1 Å². The SMILES string of the molecule is COC[C@H](NC(=O)[C@H](CC(=O)NOC(C)(C)C)NC(=O)CCc1ccccc1)C(=O)NCc1cccc2ccccc12. The van der Waals surface area contributed by atoms with Crippen molar-refractivity contribution in [3.8, 4) is 0 Å². The maximum Gasteiger partial charge on any atom is 0.246 e. The van der Waals surface area contributed by atoms with Crippen molar-refractivity contribution >= 4 is 34.4 Å². The second kappa shape index (κ2) is 15.6. The van der Waals surface area contributed by atoms with Crippen LogP contribution in [0.1, 0.15) is 44.7 Å². The van der Waals surface area contributed by atoms with E-state index >= 15 is 0 Å². The minimum atomic E-state index is -1.25. The molecule has 0 aliphatic heterocycles. The standard InChI is InChI=1S/C32H40N4O6/c1-32(2,3)42-36-29(38)19-26(34-28(37)18-17-22-11-6-5-7-12-22)31(40)35-27(21-41-4)30(39)33-20-24-15-10-14-23-13-8-9-16-25(23)24/h5-16,26-27H,17-21H2,1-4H3,(H,33,39)(H,34,37)(H,35,40)(H,36,38)/t26-,27-/m0/s1. The van der Waals surface area contributed by atoms with Gasteiger partial charge in [-0.15, -0.1) is 0 Å². The predicted molar refractivity (Wildman–Crippen MR) is 160 cm³/mol. The largest absolute Gasteiger partial charge is 0.382 e. The van der Waals surface area contributed by atoms with Crippen LogP contribution in [0.25, 0.3) is 10.8 Å². The Hall–Kier alpha value is -4.28. The van der Waals surface area contributed by atoms with E-state index in [1.807, 2.05) is 72.8 Å². The van der Waals surface area contributed by atoms with Gasteiger partial charge in [0.25, 0.3) is 0 Å². The van der Waals surface area contributed by atoms with Crippen molar-refractivity contribution in [1.82, 2.24) is 21.4 Å². The summed E-state index contributed by atoms with van der Waals surface area (Å²) in [7, 11) is 1.41. The van der Waals surface area contributed by atoms with Gasteiger partial charge < -0.3 is 20.7 Å². The number of hydrogen-bond acceptors (Lipinski definition) is 6. The Balaban J connectivity index is 1.67. The molecule has 10 heteroatoms. The number of ether oxygens (including phenoxy) is 1. The maximum atomic E-state index is 13.3. The lowest BCUT2D eigenvalue weighted by Gasteiger charge is -2.24. The van der Waals surface area contributed by atoms with Crippen LogP contribution in [0.15, 0.2) is 72.8 Å². The molecule has 4 N–H and O–H groups in total. The number of benzene rings is 3. The van der Waals surface area contributed by atoms with Crippen LogP contribution >= 0.6 is 0 Å². The van der Waals surface area contributed by atoms with E-state index in [9.17, 15) is 19.2 Å². The van der Waals surface area contributed by atoms with E-state index in [0.29, 0.717) is 6.42 Å². The molecular weight excluding hydrogens is 536 g/mol. The van der Waals surface area contributed by atoms with Crippen molar-refractivity contribution in [2.75, 3.05) is 13.7 Å². The summed E-state index contributed by atoms with van der Waals surface area (Å²) < 4.78 is 5.19. The maximum absolute atomic E-state index is 13.3. The highest BCUT2D eigenvalue weighted by atomic mass is 16.7. The van der Waals surface area contributed by atoms with E-state index in [0.717, 1.165) is 21.9 Å². The summed E-state index contributed by atoms with van der Waals surface area (Å²) in [6.07, 6.45) is 0.181. The summed E-state index contributed by atoms with van der Waals surface area (Å²) in [4.78, 5) is 57.2. The van der Waals surface area contributed by atoms with E-state index in [1.54, 1.807) is 20.8 Å². The molecule has 0 aliphatic carbocycles. The molecule has 0 spiro atoms. The fraction of sp³-hybridized carbons (Fsp3) is 0.375. The molecule has 0 aliphatic rings. The number of amides is 4. The number of methoxy groups -OCH3 is 1. The number of carbonyl (C=O) groups is 4. The zero-order chi connectivity index (χ0) is 30.5. The number of fused-ring (bicyclic) bond motifs is 1. The van der Waals surface area contributed by atoms with Gasteiger partial charge in [-0.3, -0.25) is 24.0 Å². The highest BCUT2D eigenvalue weighted by Gasteiger charge is 2.29. The number of hydroxylamine groups is 1. The van der Waals surface area contributed by atoms with E-state index < -0.39 is 47.7 Å². The third-order valence-corrected chi connectivity index (χ3v) is 6.30. The van der Waals surface area contributed by atoms with Crippen LogP contribution in [-0.2, 0) is 41.7 Å². The lowest BCUT2D eigenvalue weighted by Crippen LogP contribution is -2.56. The molecule has 3 aromatic rings. The number of rotatable bonds is 14. The first-order valence-electron chi connectivity index (χ1n) is 13.9. The van der Waals surface area contributed by atoms with Gasteiger partial charge in [0.15, 0.2) is 0 Å². The molecule has 10 nitrogen and oxygen atoms in total. The fourth-order valence-electron chi connectivity index (χ4n) is 4.19. The molecule has 0 bridgehead atoms. The van der Waals surface area contributed by atoms with Crippen molar-refractivity contribution in [1.29, 1.82) is 0 Å². The summed E-state index contributed by atoms with van der Waals surface area (Å²) in [5.74, 6) is -2.17. The smallest absolute Gasteiger partial charge is 0.246 e. The second-order valence-electron chi connectivity index (χ2n) is 10.9. The van der Waals surface area contributed by atoms with Crippen LogP contribution in [0.4, 0.5) is 0 Å². The lowest BCUT2D eigenvalue weighted by molar-refractivity contribution is -0.147. The van der Waals surface area contributed by atoms with Crippen molar-refractivity contribution < 1.29 is 28.8 Å². The Morgan fingerprint density at radius 2 is 1.48 bits per heavy atom. The Bertz CT molecular complexity index is 1350. The monoisotopic (exact) mass is 576 g/mol. The number of carbonyl (C=O) groups excluding carboxylic acids is 4. The molecule has 224 valence electrons. The average molecular weight is 577 g/mol. The molecule has 42 heavy (non-hydrogen) atoms. The number of nitrogens with one attached hydrogen (secondary N) is 4. The van der Waals surface area contributed by atoms with Crippen molar-refractivity contribution in [2.24, 2.45) is 0 Å². The average Bonchev–Trinajstić information content (AvgIpc) is 2.97. The Kier molecular flexibility index (Phi) is 12.0. The molecule has 0 unspecified atom stereocenters. The molecule has 0 saturated carbocycles. The van der Waals surface area contributed by atoms with Crippen LogP contribution in [0.5, 0.6) is 0 Å². The zero-order valence-corrected chi connectivity index (χ0v) is 24.6. The van der Waals surface area contributed by atoms with Crippen LogP contribution in [0, 0.1) is 0 Å². The van der Waals surface area contributed by atoms with Crippen LogP contribution < -0.4 is 21.4 Å². The molecule has 0 saturated heterocycles. The van der Waals surface area contributed by atoms with Gasteiger partial charge in [-0.25, -0.2) is 5.48 Å². The minimum Gasteiger partial charge on any atom is -0.382 e. The van der Waals surface area contributed by atoms with Crippen LogP contribution in [-0.4, -0.2) is 55.0 Å². The van der Waals surface area contributed by atoms with Crippen molar-refractivity contribution in [2.45, 2.75) is 64.3 Å². The van der Waals surface area contributed by atoms with Crippen molar-refractivity contribution in [3.63, 3.8) is 0 Å². The van der Waals surface area contributed by atoms with Gasteiger partial charge in [0, 0.05) is 20.1 Å². The molecule has 2 atom stereocenters. The lowest BCUT2D eigenvalue weighted by atomic mass is 10.0. The first kappa shape index (κ1) is 32.2. The summed E-state index contributed by atoms with van der Waals surface area (Å²) in [6.45, 7) is 5.41. The van der Waals surface area contributed by atoms with Crippen LogP contribution in [0.3, 0.4) is 0 Å². The number of aryl methyl sites for hydroxylation is 1. The Morgan fingerprint density at radius 1 is 0.786 bits per heavy atom. The predicted octanol–water partition coefficient (Wildman–Crippen LogP) is 2.94. The van der Waals surface area contributed by atoms with Gasteiger partial charge in [0.2, 0.25) is 23.6 Å². The topological polar surface area (TPSA) is 135 Å². The highest BCUT2D eigenvalue weighted by molar-refractivity contribution is 5.95. The first-order chi connectivity index (χ1) is 20.1. The third kappa shape index (κ3) is 10.6. The molecule has 0 radical (unpaired) electrons. The van der Waals surface area contributed by atoms with Crippen molar-refractivity contribution in [3.05, 3.63) is 83.9 Å². The van der Waals surface area contributed by atoms with Gasteiger partial charge in [0.05, 0.1) is 18.6 Å². The molecule has 3 aromatic carbocycles. The molecule has 4 amide bonds. The summed E-state index contributed by atoms with van der Waals surface area (Å²) >= 11 is 0. The van der Waals surface area contributed by atoms with E-state index in [2.05, 4.69) is 21.4 Å². The summed E-state index contributed by atoms with van der Waals surface area (Å²) in [5, 5.41) is 10.2. The molecular formula is C32H40N4O6. The normalized spacial score (nSPS) is 12.7. The van der Waals surface area contributed by atoms with Gasteiger partial charge in [-0.05, 0) is 49.1 Å². The van der Waals surface area contributed by atoms with Gasteiger partial charge in [-0.1, -0.05) is 72.8 Å². The van der Waals surface area contributed by atoms with Crippen LogP contribution in [0.2, 0.25) is 0 Å². The molecule has 0 heterocycles. The van der Waals surface area contributed by atoms with E-state index in [-0.39, 0.29) is 19.6 Å². The Morgan fingerprint density at radius 3 is 2.19 bits per heavy atom. The number of hydrogen-bond donors (Lipinski definition) is 4. The highest BCUT2D eigenvalue weighted by Crippen LogP contribution is 2.18. The molecule has 0 aromatic heterocycles. The zero-order valence-electron chi connectivity index (χ0n) is 24.6. The second-order valence-corrected chi connectivity index (χ2v) is 10.9. The van der Waals surface area contributed by atoms with Gasteiger partial charge in [-0.2, -0.15) is 0 Å². The minimum absolute atomic E-state index is 0.110. The molecule has 0 fully saturated rings. The van der Waals surface area contributed by atoms with Gasteiger partial charge >= 0.3 is 0 Å². The fourth-order valence-corrected chi connectivity index (χ4v) is 4.19. The first-order valence-corrected chi connectivity index (χ1v) is 13.9. The molecule has 3 rings (SSSR count). The third-order valence-electron chi connectivity index (χ3n) is 6.30.